The number of nitrogens with zero attached hydrogens (tertiary/aromatic N) is 1. The highest BCUT2D eigenvalue weighted by atomic mass is 19.4. The van der Waals surface area contributed by atoms with Crippen molar-refractivity contribution in [1.29, 1.82) is 0 Å². The van der Waals surface area contributed by atoms with Gasteiger partial charge in [-0.1, -0.05) is 11.2 Å². The van der Waals surface area contributed by atoms with Crippen LogP contribution in [0.15, 0.2) is 28.8 Å². The van der Waals surface area contributed by atoms with Gasteiger partial charge >= 0.3 is 6.18 Å². The van der Waals surface area contributed by atoms with Crippen LogP contribution < -0.4 is 15.4 Å². The quantitative estimate of drug-likeness (QED) is 0.763. The van der Waals surface area contributed by atoms with E-state index in [9.17, 15) is 22.8 Å². The van der Waals surface area contributed by atoms with Gasteiger partial charge in [0, 0.05) is 5.56 Å². The van der Waals surface area contributed by atoms with E-state index in [1.807, 2.05) is 0 Å². The molecule has 1 aromatic heterocycles. The van der Waals surface area contributed by atoms with Crippen LogP contribution in [0, 0.1) is 13.8 Å². The van der Waals surface area contributed by atoms with E-state index >= 15 is 0 Å². The van der Waals surface area contributed by atoms with Crippen molar-refractivity contribution < 1.29 is 32.0 Å². The maximum atomic E-state index is 12.0. The summed E-state index contributed by atoms with van der Waals surface area (Å²) in [6, 6.07) is 6.18. The number of benzene rings is 1. The number of rotatable bonds is 7. The molecule has 2 amide bonds. The number of alkyl halides is 3. The van der Waals surface area contributed by atoms with Crippen LogP contribution in [-0.4, -0.2) is 36.2 Å². The molecule has 0 saturated heterocycles. The lowest BCUT2D eigenvalue weighted by Gasteiger charge is -2.10. The lowest BCUT2D eigenvalue weighted by Crippen LogP contribution is -2.40. The van der Waals surface area contributed by atoms with Gasteiger partial charge in [-0.25, -0.2) is 0 Å². The molecule has 2 N–H and O–H groups in total. The first kappa shape index (κ1) is 20.3. The van der Waals surface area contributed by atoms with Crippen LogP contribution in [0.1, 0.15) is 27.4 Å². The van der Waals surface area contributed by atoms with Crippen LogP contribution in [0.5, 0.6) is 5.75 Å². The second-order valence-electron chi connectivity index (χ2n) is 5.69. The first-order valence-electron chi connectivity index (χ1n) is 7.92. The van der Waals surface area contributed by atoms with Gasteiger partial charge in [-0.2, -0.15) is 13.2 Å². The molecule has 2 aromatic rings. The zero-order chi connectivity index (χ0) is 20.0. The summed E-state index contributed by atoms with van der Waals surface area (Å²) in [6.07, 6.45) is -4.51. The van der Waals surface area contributed by atoms with Crippen molar-refractivity contribution in [3.63, 3.8) is 0 Å². The first-order chi connectivity index (χ1) is 12.7. The SMILES string of the molecule is Cc1noc(C)c1COc1cccc(C(=O)NCC(=O)NCC(F)(F)F)c1. The predicted octanol–water partition coefficient (Wildman–Crippen LogP) is 2.28. The Kier molecular flexibility index (Phi) is 6.43. The number of hydrogen-bond donors (Lipinski definition) is 2. The molecule has 0 aliphatic heterocycles. The fourth-order valence-electron chi connectivity index (χ4n) is 2.11. The average Bonchev–Trinajstić information content (AvgIpc) is 2.93. The van der Waals surface area contributed by atoms with Crippen molar-refractivity contribution in [1.82, 2.24) is 15.8 Å². The second-order valence-corrected chi connectivity index (χ2v) is 5.69. The van der Waals surface area contributed by atoms with Gasteiger partial charge in [-0.3, -0.25) is 9.59 Å². The monoisotopic (exact) mass is 385 g/mol. The molecule has 10 heteroatoms. The molecule has 0 spiro atoms. The summed E-state index contributed by atoms with van der Waals surface area (Å²) in [5.41, 5.74) is 1.70. The van der Waals surface area contributed by atoms with Gasteiger partial charge in [0.25, 0.3) is 5.91 Å². The van der Waals surface area contributed by atoms with Crippen molar-refractivity contribution in [3.8, 4) is 5.75 Å². The van der Waals surface area contributed by atoms with Crippen molar-refractivity contribution in [3.05, 3.63) is 46.8 Å². The van der Waals surface area contributed by atoms with E-state index < -0.39 is 31.1 Å². The van der Waals surface area contributed by atoms with E-state index in [2.05, 4.69) is 10.5 Å². The largest absolute Gasteiger partial charge is 0.489 e. The van der Waals surface area contributed by atoms with Gasteiger partial charge in [-0.15, -0.1) is 0 Å². The zero-order valence-corrected chi connectivity index (χ0v) is 14.6. The highest BCUT2D eigenvalue weighted by Crippen LogP contribution is 2.18. The smallest absolute Gasteiger partial charge is 0.405 e. The summed E-state index contributed by atoms with van der Waals surface area (Å²) in [5.74, 6) is -0.512. The third-order valence-electron chi connectivity index (χ3n) is 3.56. The van der Waals surface area contributed by atoms with Gasteiger partial charge in [0.2, 0.25) is 5.91 Å². The van der Waals surface area contributed by atoms with E-state index in [-0.39, 0.29) is 12.2 Å². The summed E-state index contributed by atoms with van der Waals surface area (Å²) in [4.78, 5) is 23.4. The fourth-order valence-corrected chi connectivity index (χ4v) is 2.11. The molecule has 0 fully saturated rings. The van der Waals surface area contributed by atoms with Gasteiger partial charge in [-0.05, 0) is 32.0 Å². The second kappa shape index (κ2) is 8.56. The molecule has 1 aromatic carbocycles. The van der Waals surface area contributed by atoms with Crippen LogP contribution in [-0.2, 0) is 11.4 Å². The molecule has 146 valence electrons. The molecule has 1 heterocycles. The highest BCUT2D eigenvalue weighted by molar-refractivity contribution is 5.96. The maximum Gasteiger partial charge on any atom is 0.405 e. The first-order valence-corrected chi connectivity index (χ1v) is 7.92. The van der Waals surface area contributed by atoms with E-state index in [1.165, 1.54) is 12.1 Å². The van der Waals surface area contributed by atoms with E-state index in [0.717, 1.165) is 5.56 Å². The Labute approximate surface area is 152 Å². The van der Waals surface area contributed by atoms with Crippen molar-refractivity contribution >= 4 is 11.8 Å². The predicted molar refractivity (Wildman–Crippen MR) is 88.1 cm³/mol. The van der Waals surface area contributed by atoms with Crippen LogP contribution >= 0.6 is 0 Å². The van der Waals surface area contributed by atoms with Gasteiger partial charge in [0.15, 0.2) is 0 Å². The Morgan fingerprint density at radius 1 is 1.22 bits per heavy atom. The van der Waals surface area contributed by atoms with Crippen molar-refractivity contribution in [2.75, 3.05) is 13.1 Å². The Morgan fingerprint density at radius 3 is 2.59 bits per heavy atom. The molecular formula is C17H18F3N3O4. The Balaban J connectivity index is 1.88. The Bertz CT molecular complexity index is 798. The summed E-state index contributed by atoms with van der Waals surface area (Å²) >= 11 is 0. The molecule has 0 saturated carbocycles. The molecule has 2 rings (SSSR count). The van der Waals surface area contributed by atoms with Crippen LogP contribution in [0.25, 0.3) is 0 Å². The third-order valence-corrected chi connectivity index (χ3v) is 3.56. The normalized spacial score (nSPS) is 11.1. The molecule has 0 bridgehead atoms. The number of aryl methyl sites for hydroxylation is 2. The zero-order valence-electron chi connectivity index (χ0n) is 14.6. The summed E-state index contributed by atoms with van der Waals surface area (Å²) in [6.45, 7) is 1.72. The molecule has 7 nitrogen and oxygen atoms in total. The molecule has 0 aliphatic rings. The number of nitrogens with one attached hydrogen (secondary N) is 2. The molecule has 0 atom stereocenters. The standard InChI is InChI=1S/C17H18F3N3O4/c1-10-14(11(2)27-23-10)8-26-13-5-3-4-12(6-13)16(25)21-7-15(24)22-9-17(18,19)20/h3-6H,7-9H2,1-2H3,(H,21,25)(H,22,24). The number of amides is 2. The minimum atomic E-state index is -4.51. The average molecular weight is 385 g/mol. The lowest BCUT2D eigenvalue weighted by atomic mass is 10.2. The molecule has 0 aliphatic carbocycles. The fraction of sp³-hybridized carbons (Fsp3) is 0.353. The molecule has 27 heavy (non-hydrogen) atoms. The van der Waals surface area contributed by atoms with Crippen molar-refractivity contribution in [2.45, 2.75) is 26.6 Å². The summed E-state index contributed by atoms with van der Waals surface area (Å²) in [5, 5.41) is 7.74. The van der Waals surface area contributed by atoms with Crippen molar-refractivity contribution in [2.24, 2.45) is 0 Å². The Morgan fingerprint density at radius 2 is 1.96 bits per heavy atom. The van der Waals surface area contributed by atoms with Gasteiger partial charge < -0.3 is 19.9 Å². The summed E-state index contributed by atoms with van der Waals surface area (Å²) < 4.78 is 46.7. The number of halogens is 3. The summed E-state index contributed by atoms with van der Waals surface area (Å²) in [7, 11) is 0. The minimum absolute atomic E-state index is 0.200. The van der Waals surface area contributed by atoms with Crippen LogP contribution in [0.4, 0.5) is 13.2 Å². The van der Waals surface area contributed by atoms with Crippen LogP contribution in [0.2, 0.25) is 0 Å². The number of carbonyl (C=O) groups excluding carboxylic acids is 2. The van der Waals surface area contributed by atoms with Crippen LogP contribution in [0.3, 0.4) is 0 Å². The maximum absolute atomic E-state index is 12.0. The van der Waals surface area contributed by atoms with E-state index in [0.29, 0.717) is 17.2 Å². The molecule has 0 radical (unpaired) electrons. The lowest BCUT2D eigenvalue weighted by molar-refractivity contribution is -0.137. The number of carbonyl (C=O) groups is 2. The molecule has 0 unspecified atom stereocenters. The number of hydrogen-bond acceptors (Lipinski definition) is 5. The topological polar surface area (TPSA) is 93.5 Å². The molecular weight excluding hydrogens is 367 g/mol. The third kappa shape index (κ3) is 6.32. The Hall–Kier alpha value is -3.04. The van der Waals surface area contributed by atoms with E-state index in [4.69, 9.17) is 9.26 Å². The highest BCUT2D eigenvalue weighted by Gasteiger charge is 2.27. The van der Waals surface area contributed by atoms with Gasteiger partial charge in [0.05, 0.1) is 17.8 Å². The van der Waals surface area contributed by atoms with Gasteiger partial charge in [0.1, 0.15) is 24.7 Å². The minimum Gasteiger partial charge on any atom is -0.489 e. The number of aromatic nitrogens is 1. The van der Waals surface area contributed by atoms with E-state index in [1.54, 1.807) is 31.3 Å². The number of ether oxygens (including phenoxy) is 1.